The Kier molecular flexibility index (Phi) is 4.36. The van der Waals surface area contributed by atoms with E-state index in [0.717, 1.165) is 10.8 Å². The standard InChI is InChI=1S/C13H17BrFNS/c1-8-3-2-4-9(5-8)17-13-7-11(15)10(14)6-12(13)16/h6-9H,2-5,16H2,1H3. The first kappa shape index (κ1) is 13.2. The SMILES string of the molecule is CC1CCCC(Sc2cc(F)c(Br)cc2N)C1. The number of nitrogen functional groups attached to an aromatic ring is 1. The number of anilines is 1. The van der Waals surface area contributed by atoms with Crippen LogP contribution in [0.2, 0.25) is 0 Å². The number of hydrogen-bond acceptors (Lipinski definition) is 2. The second-order valence-electron chi connectivity index (χ2n) is 4.82. The van der Waals surface area contributed by atoms with Gasteiger partial charge in [0.25, 0.3) is 0 Å². The average molecular weight is 318 g/mol. The number of halogens is 2. The molecule has 1 saturated carbocycles. The third-order valence-corrected chi connectivity index (χ3v) is 5.21. The summed E-state index contributed by atoms with van der Waals surface area (Å²) in [5, 5.41) is 0.585. The normalized spacial score (nSPS) is 24.9. The van der Waals surface area contributed by atoms with Crippen LogP contribution >= 0.6 is 27.7 Å². The van der Waals surface area contributed by atoms with E-state index in [1.807, 2.05) is 0 Å². The molecule has 2 rings (SSSR count). The van der Waals surface area contributed by atoms with E-state index in [-0.39, 0.29) is 5.82 Å². The Morgan fingerprint density at radius 2 is 2.18 bits per heavy atom. The van der Waals surface area contributed by atoms with Crippen molar-refractivity contribution >= 4 is 33.4 Å². The lowest BCUT2D eigenvalue weighted by molar-refractivity contribution is 0.394. The van der Waals surface area contributed by atoms with Gasteiger partial charge in [-0.2, -0.15) is 0 Å². The lowest BCUT2D eigenvalue weighted by Gasteiger charge is -2.26. The molecule has 4 heteroatoms. The molecule has 0 bridgehead atoms. The number of hydrogen-bond donors (Lipinski definition) is 1. The van der Waals surface area contributed by atoms with E-state index in [1.54, 1.807) is 23.9 Å². The fourth-order valence-electron chi connectivity index (χ4n) is 2.31. The Bertz CT molecular complexity index is 411. The molecule has 2 N–H and O–H groups in total. The first-order valence-corrected chi connectivity index (χ1v) is 7.64. The molecule has 0 spiro atoms. The zero-order chi connectivity index (χ0) is 12.4. The maximum atomic E-state index is 13.5. The highest BCUT2D eigenvalue weighted by Crippen LogP contribution is 2.39. The van der Waals surface area contributed by atoms with Gasteiger partial charge in [0.1, 0.15) is 5.82 Å². The fraction of sp³-hybridized carbons (Fsp3) is 0.538. The van der Waals surface area contributed by atoms with Gasteiger partial charge in [0, 0.05) is 15.8 Å². The number of benzene rings is 1. The highest BCUT2D eigenvalue weighted by molar-refractivity contribution is 9.10. The Balaban J connectivity index is 2.10. The molecule has 0 heterocycles. The van der Waals surface area contributed by atoms with Crippen molar-refractivity contribution in [3.63, 3.8) is 0 Å². The quantitative estimate of drug-likeness (QED) is 0.790. The van der Waals surface area contributed by atoms with Crippen molar-refractivity contribution in [2.45, 2.75) is 42.8 Å². The maximum Gasteiger partial charge on any atom is 0.138 e. The molecule has 1 aromatic carbocycles. The predicted octanol–water partition coefficient (Wildman–Crippen LogP) is 4.84. The van der Waals surface area contributed by atoms with Crippen molar-refractivity contribution < 1.29 is 4.39 Å². The lowest BCUT2D eigenvalue weighted by atomic mass is 9.91. The van der Waals surface area contributed by atoms with Crippen LogP contribution in [0.4, 0.5) is 10.1 Å². The summed E-state index contributed by atoms with van der Waals surface area (Å²) in [7, 11) is 0. The zero-order valence-electron chi connectivity index (χ0n) is 9.88. The first-order chi connectivity index (χ1) is 8.06. The molecular weight excluding hydrogens is 301 g/mol. The second-order valence-corrected chi connectivity index (χ2v) is 7.01. The van der Waals surface area contributed by atoms with Crippen molar-refractivity contribution in [3.8, 4) is 0 Å². The summed E-state index contributed by atoms with van der Waals surface area (Å²) in [6, 6.07) is 3.20. The van der Waals surface area contributed by atoms with Gasteiger partial charge in [0.05, 0.1) is 4.47 Å². The molecule has 0 amide bonds. The number of rotatable bonds is 2. The van der Waals surface area contributed by atoms with Gasteiger partial charge in [-0.05, 0) is 46.8 Å². The molecule has 1 aliphatic carbocycles. The maximum absolute atomic E-state index is 13.5. The molecule has 0 aliphatic heterocycles. The Morgan fingerprint density at radius 3 is 2.88 bits per heavy atom. The van der Waals surface area contributed by atoms with Gasteiger partial charge in [-0.25, -0.2) is 4.39 Å². The molecule has 2 atom stereocenters. The first-order valence-electron chi connectivity index (χ1n) is 5.97. The van der Waals surface area contributed by atoms with Crippen LogP contribution in [-0.2, 0) is 0 Å². The summed E-state index contributed by atoms with van der Waals surface area (Å²) in [5.74, 6) is 0.549. The summed E-state index contributed by atoms with van der Waals surface area (Å²) >= 11 is 4.88. The summed E-state index contributed by atoms with van der Waals surface area (Å²) < 4.78 is 13.9. The smallest absolute Gasteiger partial charge is 0.138 e. The molecule has 1 nitrogen and oxygen atoms in total. The molecule has 0 saturated heterocycles. The second kappa shape index (κ2) is 5.61. The minimum atomic E-state index is -0.231. The van der Waals surface area contributed by atoms with Crippen molar-refractivity contribution in [1.29, 1.82) is 0 Å². The highest BCUT2D eigenvalue weighted by atomic mass is 79.9. The van der Waals surface area contributed by atoms with Gasteiger partial charge in [-0.15, -0.1) is 11.8 Å². The fourth-order valence-corrected chi connectivity index (χ4v) is 4.11. The summed E-state index contributed by atoms with van der Waals surface area (Å²) in [5.41, 5.74) is 6.59. The lowest BCUT2D eigenvalue weighted by Crippen LogP contribution is -2.15. The summed E-state index contributed by atoms with van der Waals surface area (Å²) in [6.07, 6.45) is 5.02. The summed E-state index contributed by atoms with van der Waals surface area (Å²) in [4.78, 5) is 0.879. The van der Waals surface area contributed by atoms with E-state index in [1.165, 1.54) is 25.7 Å². The van der Waals surface area contributed by atoms with Gasteiger partial charge >= 0.3 is 0 Å². The van der Waals surface area contributed by atoms with Crippen LogP contribution in [0.25, 0.3) is 0 Å². The Morgan fingerprint density at radius 1 is 1.41 bits per heavy atom. The van der Waals surface area contributed by atoms with E-state index in [9.17, 15) is 4.39 Å². The zero-order valence-corrected chi connectivity index (χ0v) is 12.3. The van der Waals surface area contributed by atoms with Crippen molar-refractivity contribution in [1.82, 2.24) is 0 Å². The van der Waals surface area contributed by atoms with E-state index in [4.69, 9.17) is 5.73 Å². The van der Waals surface area contributed by atoms with E-state index < -0.39 is 0 Å². The van der Waals surface area contributed by atoms with Crippen LogP contribution in [0.15, 0.2) is 21.5 Å². The van der Waals surface area contributed by atoms with E-state index in [2.05, 4.69) is 22.9 Å². The molecule has 0 radical (unpaired) electrons. The molecule has 1 aromatic rings. The van der Waals surface area contributed by atoms with Gasteiger partial charge in [0.15, 0.2) is 0 Å². The van der Waals surface area contributed by atoms with Gasteiger partial charge < -0.3 is 5.73 Å². The van der Waals surface area contributed by atoms with E-state index in [0.29, 0.717) is 15.4 Å². The summed E-state index contributed by atoms with van der Waals surface area (Å²) in [6.45, 7) is 2.29. The molecular formula is C13H17BrFNS. The third-order valence-electron chi connectivity index (χ3n) is 3.23. The van der Waals surface area contributed by atoms with Gasteiger partial charge in [-0.3, -0.25) is 0 Å². The highest BCUT2D eigenvalue weighted by Gasteiger charge is 2.21. The molecule has 2 unspecified atom stereocenters. The monoisotopic (exact) mass is 317 g/mol. The van der Waals surface area contributed by atoms with E-state index >= 15 is 0 Å². The van der Waals surface area contributed by atoms with Gasteiger partial charge in [0.2, 0.25) is 0 Å². The van der Waals surface area contributed by atoms with Crippen LogP contribution in [0.5, 0.6) is 0 Å². The van der Waals surface area contributed by atoms with Crippen LogP contribution in [0, 0.1) is 11.7 Å². The average Bonchev–Trinajstić information content (AvgIpc) is 2.26. The topological polar surface area (TPSA) is 26.0 Å². The van der Waals surface area contributed by atoms with Crippen molar-refractivity contribution in [2.24, 2.45) is 5.92 Å². The third kappa shape index (κ3) is 3.38. The van der Waals surface area contributed by atoms with Crippen LogP contribution in [0.3, 0.4) is 0 Å². The number of thioether (sulfide) groups is 1. The van der Waals surface area contributed by atoms with Gasteiger partial charge in [-0.1, -0.05) is 19.8 Å². The molecule has 1 fully saturated rings. The van der Waals surface area contributed by atoms with Crippen molar-refractivity contribution in [2.75, 3.05) is 5.73 Å². The Hall–Kier alpha value is -0.220. The minimum Gasteiger partial charge on any atom is -0.398 e. The molecule has 17 heavy (non-hydrogen) atoms. The van der Waals surface area contributed by atoms with Crippen LogP contribution in [0.1, 0.15) is 32.6 Å². The minimum absolute atomic E-state index is 0.231. The van der Waals surface area contributed by atoms with Crippen LogP contribution in [-0.4, -0.2) is 5.25 Å². The van der Waals surface area contributed by atoms with Crippen molar-refractivity contribution in [3.05, 3.63) is 22.4 Å². The van der Waals surface area contributed by atoms with Crippen LogP contribution < -0.4 is 5.73 Å². The predicted molar refractivity (Wildman–Crippen MR) is 75.8 cm³/mol. The molecule has 94 valence electrons. The number of nitrogens with two attached hydrogens (primary N) is 1. The Labute approximate surface area is 114 Å². The molecule has 1 aliphatic rings. The largest absolute Gasteiger partial charge is 0.398 e. The molecule has 0 aromatic heterocycles.